The number of aromatic amines is 1. The largest absolute Gasteiger partial charge is 0.282 e. The molecule has 2 aromatic rings. The molecule has 1 aromatic heterocycles. The second-order valence-electron chi connectivity index (χ2n) is 6.07. The highest BCUT2D eigenvalue weighted by Crippen LogP contribution is 2.16. The average Bonchev–Trinajstić information content (AvgIpc) is 2.89. The van der Waals surface area contributed by atoms with E-state index in [0.29, 0.717) is 37.6 Å². The molecule has 0 unspecified atom stereocenters. The highest BCUT2D eigenvalue weighted by Gasteiger charge is 2.23. The maximum absolute atomic E-state index is 11.6. The Bertz CT molecular complexity index is 862. The molecule has 1 N–H and O–H groups in total. The summed E-state index contributed by atoms with van der Waals surface area (Å²) in [5.41, 5.74) is 2.19. The van der Waals surface area contributed by atoms with Gasteiger partial charge in [0, 0.05) is 31.7 Å². The van der Waals surface area contributed by atoms with Gasteiger partial charge in [-0.25, -0.2) is 13.1 Å². The van der Waals surface area contributed by atoms with E-state index in [0.717, 1.165) is 11.4 Å². The van der Waals surface area contributed by atoms with E-state index in [9.17, 15) is 8.42 Å². The zero-order valence-electron chi connectivity index (χ0n) is 13.8. The number of aromatic nitrogens is 3. The van der Waals surface area contributed by atoms with Crippen LogP contribution < -0.4 is 0 Å². The SMILES string of the molecule is Cc1ccc(-c2nc(=S)n(CN3CCN(S(C)(=O)=O)CC3)[nH]2)cc1. The fraction of sp³-hybridized carbons (Fsp3) is 0.467. The molecule has 0 radical (unpaired) electrons. The zero-order valence-corrected chi connectivity index (χ0v) is 15.4. The molecule has 24 heavy (non-hydrogen) atoms. The molecule has 7 nitrogen and oxygen atoms in total. The highest BCUT2D eigenvalue weighted by molar-refractivity contribution is 7.88. The van der Waals surface area contributed by atoms with Crippen LogP contribution in [0.4, 0.5) is 0 Å². The molecule has 0 atom stereocenters. The van der Waals surface area contributed by atoms with Gasteiger partial charge in [-0.15, -0.1) is 0 Å². The van der Waals surface area contributed by atoms with Crippen molar-refractivity contribution in [2.45, 2.75) is 13.6 Å². The Hall–Kier alpha value is -1.55. The van der Waals surface area contributed by atoms with Crippen LogP contribution in [0.3, 0.4) is 0 Å². The predicted octanol–water partition coefficient (Wildman–Crippen LogP) is 1.45. The minimum Gasteiger partial charge on any atom is -0.282 e. The van der Waals surface area contributed by atoms with E-state index in [1.54, 1.807) is 0 Å². The zero-order chi connectivity index (χ0) is 17.3. The Morgan fingerprint density at radius 3 is 2.38 bits per heavy atom. The number of hydrogen-bond donors (Lipinski definition) is 1. The molecule has 1 aliphatic heterocycles. The van der Waals surface area contributed by atoms with Gasteiger partial charge in [0.05, 0.1) is 12.9 Å². The summed E-state index contributed by atoms with van der Waals surface area (Å²) in [6, 6.07) is 8.10. The first kappa shape index (κ1) is 17.3. The fourth-order valence-corrected chi connectivity index (χ4v) is 3.72. The number of benzene rings is 1. The standard InChI is InChI=1S/C15H21N5O2S2/c1-12-3-5-13(6-4-12)14-16-15(23)20(17-14)11-18-7-9-19(10-8-18)24(2,21)22/h3-6H,7-11H2,1-2H3,(H,16,17,23). The monoisotopic (exact) mass is 367 g/mol. The molecule has 1 fully saturated rings. The molecule has 2 heterocycles. The molecule has 0 bridgehead atoms. The van der Waals surface area contributed by atoms with Crippen LogP contribution in [-0.4, -0.2) is 64.8 Å². The second-order valence-corrected chi connectivity index (χ2v) is 8.42. The van der Waals surface area contributed by atoms with Crippen LogP contribution in [0.25, 0.3) is 11.4 Å². The Morgan fingerprint density at radius 2 is 1.79 bits per heavy atom. The third kappa shape index (κ3) is 3.92. The quantitative estimate of drug-likeness (QED) is 0.828. The lowest BCUT2D eigenvalue weighted by Gasteiger charge is -2.32. The van der Waals surface area contributed by atoms with Gasteiger partial charge in [0.2, 0.25) is 14.8 Å². The Balaban J connectivity index is 1.69. The lowest BCUT2D eigenvalue weighted by atomic mass is 10.1. The summed E-state index contributed by atoms with van der Waals surface area (Å²) in [5, 5.41) is 3.23. The molecule has 0 spiro atoms. The number of rotatable bonds is 4. The average molecular weight is 368 g/mol. The minimum atomic E-state index is -3.11. The van der Waals surface area contributed by atoms with E-state index in [4.69, 9.17) is 12.2 Å². The summed E-state index contributed by atoms with van der Waals surface area (Å²) >= 11 is 5.34. The summed E-state index contributed by atoms with van der Waals surface area (Å²) in [6.07, 6.45) is 1.25. The summed E-state index contributed by atoms with van der Waals surface area (Å²) in [6.45, 7) is 4.98. The first-order valence-electron chi connectivity index (χ1n) is 7.74. The lowest BCUT2D eigenvalue weighted by Crippen LogP contribution is -2.48. The predicted molar refractivity (Wildman–Crippen MR) is 95.6 cm³/mol. The van der Waals surface area contributed by atoms with E-state index >= 15 is 0 Å². The molecule has 1 aromatic carbocycles. The van der Waals surface area contributed by atoms with Crippen LogP contribution in [0, 0.1) is 11.7 Å². The van der Waals surface area contributed by atoms with E-state index in [2.05, 4.69) is 15.0 Å². The summed E-state index contributed by atoms with van der Waals surface area (Å²) in [4.78, 5) is 6.58. The molecular formula is C15H21N5O2S2. The minimum absolute atomic E-state index is 0.496. The normalized spacial score (nSPS) is 17.2. The van der Waals surface area contributed by atoms with Crippen molar-refractivity contribution in [2.75, 3.05) is 32.4 Å². The van der Waals surface area contributed by atoms with E-state index < -0.39 is 10.0 Å². The number of aryl methyl sites for hydroxylation is 1. The van der Waals surface area contributed by atoms with Crippen molar-refractivity contribution in [2.24, 2.45) is 0 Å². The molecule has 9 heteroatoms. The number of sulfonamides is 1. The van der Waals surface area contributed by atoms with Crippen LogP contribution in [0.5, 0.6) is 0 Å². The molecule has 0 aliphatic carbocycles. The van der Waals surface area contributed by atoms with Crippen molar-refractivity contribution in [1.29, 1.82) is 0 Å². The third-order valence-corrected chi connectivity index (χ3v) is 5.76. The molecule has 0 saturated carbocycles. The smallest absolute Gasteiger partial charge is 0.217 e. The van der Waals surface area contributed by atoms with Crippen molar-refractivity contribution in [3.63, 3.8) is 0 Å². The van der Waals surface area contributed by atoms with Crippen LogP contribution in [-0.2, 0) is 16.7 Å². The molecular weight excluding hydrogens is 346 g/mol. The van der Waals surface area contributed by atoms with Crippen LogP contribution >= 0.6 is 12.2 Å². The van der Waals surface area contributed by atoms with Gasteiger partial charge < -0.3 is 0 Å². The Morgan fingerprint density at radius 1 is 1.17 bits per heavy atom. The third-order valence-electron chi connectivity index (χ3n) is 4.15. The van der Waals surface area contributed by atoms with Gasteiger partial charge in [-0.05, 0) is 19.1 Å². The second kappa shape index (κ2) is 6.75. The molecule has 1 saturated heterocycles. The first-order valence-corrected chi connectivity index (χ1v) is 10.00. The maximum atomic E-state index is 11.6. The number of nitrogens with zero attached hydrogens (tertiary/aromatic N) is 4. The number of hydrogen-bond acceptors (Lipinski definition) is 5. The summed E-state index contributed by atoms with van der Waals surface area (Å²) in [5.74, 6) is 0.745. The van der Waals surface area contributed by atoms with Gasteiger partial charge in [-0.1, -0.05) is 29.8 Å². The fourth-order valence-electron chi connectivity index (χ4n) is 2.70. The van der Waals surface area contributed by atoms with E-state index in [1.165, 1.54) is 16.1 Å². The molecule has 1 aliphatic rings. The van der Waals surface area contributed by atoms with Gasteiger partial charge >= 0.3 is 0 Å². The van der Waals surface area contributed by atoms with Crippen LogP contribution in [0.15, 0.2) is 24.3 Å². The Labute approximate surface area is 147 Å². The van der Waals surface area contributed by atoms with Crippen molar-refractivity contribution in [1.82, 2.24) is 24.0 Å². The lowest BCUT2D eigenvalue weighted by molar-refractivity contribution is 0.145. The van der Waals surface area contributed by atoms with Gasteiger partial charge in [-0.3, -0.25) is 10.00 Å². The van der Waals surface area contributed by atoms with E-state index in [-0.39, 0.29) is 0 Å². The molecule has 3 rings (SSSR count). The highest BCUT2D eigenvalue weighted by atomic mass is 32.2. The van der Waals surface area contributed by atoms with Crippen LogP contribution in [0.2, 0.25) is 0 Å². The van der Waals surface area contributed by atoms with Crippen molar-refractivity contribution in [3.05, 3.63) is 34.6 Å². The number of H-pyrrole nitrogens is 1. The molecule has 0 amide bonds. The van der Waals surface area contributed by atoms with Gasteiger partial charge in [-0.2, -0.15) is 9.29 Å². The Kier molecular flexibility index (Phi) is 4.86. The number of nitrogens with one attached hydrogen (secondary N) is 1. The van der Waals surface area contributed by atoms with Gasteiger partial charge in [0.15, 0.2) is 5.82 Å². The maximum Gasteiger partial charge on any atom is 0.217 e. The van der Waals surface area contributed by atoms with E-state index in [1.807, 2.05) is 35.9 Å². The summed E-state index contributed by atoms with van der Waals surface area (Å²) in [7, 11) is -3.11. The first-order chi connectivity index (χ1) is 11.3. The van der Waals surface area contributed by atoms with Gasteiger partial charge in [0.25, 0.3) is 0 Å². The van der Waals surface area contributed by atoms with Crippen molar-refractivity contribution >= 4 is 22.2 Å². The van der Waals surface area contributed by atoms with Crippen LogP contribution in [0.1, 0.15) is 5.56 Å². The van der Waals surface area contributed by atoms with Crippen molar-refractivity contribution in [3.8, 4) is 11.4 Å². The van der Waals surface area contributed by atoms with Gasteiger partial charge in [0.1, 0.15) is 0 Å². The summed E-state index contributed by atoms with van der Waals surface area (Å²) < 4.78 is 26.9. The van der Waals surface area contributed by atoms with Crippen molar-refractivity contribution < 1.29 is 8.42 Å². The topological polar surface area (TPSA) is 74.2 Å². The number of piperazine rings is 1. The molecule has 130 valence electrons.